The molecule has 4 rings (SSSR count). The van der Waals surface area contributed by atoms with Gasteiger partial charge in [-0.2, -0.15) is 0 Å². The SMILES string of the molecule is Cc1ccccc1P.ClCc1ccccc1.c1ccc(-c2ccccc2)cc1. The highest BCUT2D eigenvalue weighted by Crippen LogP contribution is 2.17. The van der Waals surface area contributed by atoms with Crippen molar-refractivity contribution in [3.8, 4) is 11.1 Å². The highest BCUT2D eigenvalue weighted by atomic mass is 35.5. The minimum absolute atomic E-state index is 0.612. The Morgan fingerprint density at radius 3 is 1.29 bits per heavy atom. The van der Waals surface area contributed by atoms with E-state index in [0.29, 0.717) is 5.88 Å². The summed E-state index contributed by atoms with van der Waals surface area (Å²) in [4.78, 5) is 0. The van der Waals surface area contributed by atoms with E-state index in [1.807, 2.05) is 54.6 Å². The average Bonchev–Trinajstić information content (AvgIpc) is 2.78. The lowest BCUT2D eigenvalue weighted by atomic mass is 10.1. The Morgan fingerprint density at radius 2 is 0.964 bits per heavy atom. The van der Waals surface area contributed by atoms with E-state index in [4.69, 9.17) is 11.6 Å². The first-order valence-electron chi connectivity index (χ1n) is 9.22. The van der Waals surface area contributed by atoms with Crippen LogP contribution in [0, 0.1) is 6.92 Å². The molecular formula is C26H26ClP. The van der Waals surface area contributed by atoms with Gasteiger partial charge in [-0.05, 0) is 34.5 Å². The van der Waals surface area contributed by atoms with Crippen molar-refractivity contribution in [1.29, 1.82) is 0 Å². The molecule has 0 saturated carbocycles. The van der Waals surface area contributed by atoms with E-state index in [9.17, 15) is 0 Å². The first-order valence-corrected chi connectivity index (χ1v) is 10.3. The normalized spacial score (nSPS) is 9.39. The van der Waals surface area contributed by atoms with Crippen molar-refractivity contribution in [1.82, 2.24) is 0 Å². The van der Waals surface area contributed by atoms with Crippen molar-refractivity contribution >= 4 is 26.1 Å². The van der Waals surface area contributed by atoms with Crippen LogP contribution in [0.1, 0.15) is 11.1 Å². The standard InChI is InChI=1S/C12H10.C7H7Cl.C7H9P/c1-3-7-11(8-4-1)12-9-5-2-6-10-12;8-6-7-4-2-1-3-5-7;1-6-4-2-3-5-7(6)8/h1-10H;1-5H,6H2;2-5H,8H2,1H3. The van der Waals surface area contributed by atoms with Gasteiger partial charge < -0.3 is 0 Å². The van der Waals surface area contributed by atoms with E-state index in [-0.39, 0.29) is 0 Å². The molecule has 0 aliphatic rings. The first-order chi connectivity index (χ1) is 13.7. The minimum Gasteiger partial charge on any atom is -0.122 e. The molecule has 0 N–H and O–H groups in total. The summed E-state index contributed by atoms with van der Waals surface area (Å²) in [5.41, 5.74) is 5.06. The zero-order valence-corrected chi connectivity index (χ0v) is 18.0. The first kappa shape index (κ1) is 21.9. The summed E-state index contributed by atoms with van der Waals surface area (Å²) in [7, 11) is 2.69. The molecule has 1 atom stereocenters. The van der Waals surface area contributed by atoms with Crippen molar-refractivity contribution < 1.29 is 0 Å². The van der Waals surface area contributed by atoms with Crippen molar-refractivity contribution in [3.63, 3.8) is 0 Å². The molecule has 28 heavy (non-hydrogen) atoms. The van der Waals surface area contributed by atoms with Crippen LogP contribution in [0.15, 0.2) is 115 Å². The predicted molar refractivity (Wildman–Crippen MR) is 128 cm³/mol. The number of halogens is 1. The Kier molecular flexibility index (Phi) is 10.1. The number of rotatable bonds is 2. The molecule has 0 spiro atoms. The van der Waals surface area contributed by atoms with Gasteiger partial charge in [0.15, 0.2) is 0 Å². The van der Waals surface area contributed by atoms with Crippen LogP contribution >= 0.6 is 20.8 Å². The summed E-state index contributed by atoms with van der Waals surface area (Å²) in [6, 6.07) is 39.0. The van der Waals surface area contributed by atoms with Gasteiger partial charge in [-0.1, -0.05) is 115 Å². The quantitative estimate of drug-likeness (QED) is 0.243. The maximum Gasteiger partial charge on any atom is 0.0474 e. The average molecular weight is 405 g/mol. The molecule has 0 aromatic heterocycles. The number of aryl methyl sites for hydroxylation is 1. The fourth-order valence-corrected chi connectivity index (χ4v) is 2.80. The number of alkyl halides is 1. The molecule has 0 heterocycles. The van der Waals surface area contributed by atoms with Gasteiger partial charge in [0.05, 0.1) is 0 Å². The lowest BCUT2D eigenvalue weighted by molar-refractivity contribution is 1.41. The molecule has 0 fully saturated rings. The van der Waals surface area contributed by atoms with E-state index in [1.165, 1.54) is 27.6 Å². The smallest absolute Gasteiger partial charge is 0.0474 e. The van der Waals surface area contributed by atoms with Gasteiger partial charge in [0.1, 0.15) is 0 Å². The van der Waals surface area contributed by atoms with E-state index in [0.717, 1.165) is 0 Å². The lowest BCUT2D eigenvalue weighted by Crippen LogP contribution is -1.92. The van der Waals surface area contributed by atoms with E-state index in [1.54, 1.807) is 0 Å². The molecule has 0 nitrogen and oxygen atoms in total. The second-order valence-corrected chi connectivity index (χ2v) is 7.10. The molecule has 0 aliphatic heterocycles. The maximum atomic E-state index is 5.53. The minimum atomic E-state index is 0.612. The van der Waals surface area contributed by atoms with Gasteiger partial charge in [0.2, 0.25) is 0 Å². The summed E-state index contributed by atoms with van der Waals surface area (Å²) in [6.07, 6.45) is 0. The molecule has 142 valence electrons. The molecule has 0 radical (unpaired) electrons. The molecule has 0 aliphatic carbocycles. The molecular weight excluding hydrogens is 379 g/mol. The molecule has 2 heteroatoms. The van der Waals surface area contributed by atoms with E-state index >= 15 is 0 Å². The molecule has 0 bridgehead atoms. The highest BCUT2D eigenvalue weighted by molar-refractivity contribution is 7.27. The van der Waals surface area contributed by atoms with Crippen LogP contribution in [0.5, 0.6) is 0 Å². The van der Waals surface area contributed by atoms with Crippen LogP contribution in [0.25, 0.3) is 11.1 Å². The second kappa shape index (κ2) is 12.9. The fraction of sp³-hybridized carbons (Fsp3) is 0.0769. The predicted octanol–water partition coefficient (Wildman–Crippen LogP) is 7.27. The van der Waals surface area contributed by atoms with Gasteiger partial charge in [0, 0.05) is 5.88 Å². The highest BCUT2D eigenvalue weighted by Gasteiger charge is 1.91. The van der Waals surface area contributed by atoms with Crippen molar-refractivity contribution in [2.24, 2.45) is 0 Å². The molecule has 4 aromatic rings. The Hall–Kier alpha value is -2.40. The van der Waals surface area contributed by atoms with Crippen LogP contribution in [0.3, 0.4) is 0 Å². The van der Waals surface area contributed by atoms with Crippen LogP contribution in [-0.2, 0) is 5.88 Å². The van der Waals surface area contributed by atoms with E-state index < -0.39 is 0 Å². The summed E-state index contributed by atoms with van der Waals surface area (Å²) in [5, 5.41) is 1.28. The van der Waals surface area contributed by atoms with Gasteiger partial charge in [0.25, 0.3) is 0 Å². The topological polar surface area (TPSA) is 0 Å². The Bertz CT molecular complexity index is 848. The lowest BCUT2D eigenvalue weighted by Gasteiger charge is -1.98. The maximum absolute atomic E-state index is 5.53. The van der Waals surface area contributed by atoms with Crippen molar-refractivity contribution in [2.75, 3.05) is 0 Å². The van der Waals surface area contributed by atoms with Gasteiger partial charge >= 0.3 is 0 Å². The summed E-state index contributed by atoms with van der Waals surface area (Å²) in [5.74, 6) is 0.612. The van der Waals surface area contributed by atoms with Crippen LogP contribution < -0.4 is 5.30 Å². The molecule has 4 aromatic carbocycles. The zero-order chi connectivity index (χ0) is 20.0. The van der Waals surface area contributed by atoms with Gasteiger partial charge in [-0.3, -0.25) is 0 Å². The number of hydrogen-bond donors (Lipinski definition) is 0. The van der Waals surface area contributed by atoms with Gasteiger partial charge in [-0.25, -0.2) is 0 Å². The van der Waals surface area contributed by atoms with Crippen LogP contribution in [0.2, 0.25) is 0 Å². The summed E-state index contributed by atoms with van der Waals surface area (Å²) in [6.45, 7) is 2.10. The number of benzene rings is 4. The summed E-state index contributed by atoms with van der Waals surface area (Å²) >= 11 is 5.53. The third kappa shape index (κ3) is 8.09. The monoisotopic (exact) mass is 404 g/mol. The third-order valence-electron chi connectivity index (χ3n) is 4.07. The Balaban J connectivity index is 0.000000156. The Morgan fingerprint density at radius 1 is 0.571 bits per heavy atom. The van der Waals surface area contributed by atoms with Crippen LogP contribution in [-0.4, -0.2) is 0 Å². The Labute approximate surface area is 176 Å². The van der Waals surface area contributed by atoms with E-state index in [2.05, 4.69) is 76.8 Å². The molecule has 0 saturated heterocycles. The molecule has 0 amide bonds. The van der Waals surface area contributed by atoms with Gasteiger partial charge in [-0.15, -0.1) is 20.8 Å². The number of hydrogen-bond acceptors (Lipinski definition) is 0. The van der Waals surface area contributed by atoms with Crippen molar-refractivity contribution in [3.05, 3.63) is 126 Å². The summed E-state index contributed by atoms with van der Waals surface area (Å²) < 4.78 is 0. The largest absolute Gasteiger partial charge is 0.122 e. The van der Waals surface area contributed by atoms with Crippen molar-refractivity contribution in [2.45, 2.75) is 12.8 Å². The molecule has 1 unspecified atom stereocenters. The van der Waals surface area contributed by atoms with Crippen LogP contribution in [0.4, 0.5) is 0 Å². The fourth-order valence-electron chi connectivity index (χ4n) is 2.42. The third-order valence-corrected chi connectivity index (χ3v) is 5.02. The zero-order valence-electron chi connectivity index (χ0n) is 16.1. The second-order valence-electron chi connectivity index (χ2n) is 6.21.